The Labute approximate surface area is 83.7 Å². The summed E-state index contributed by atoms with van der Waals surface area (Å²) in [7, 11) is 1.46. The number of nitrogens with zero attached hydrogens (tertiary/aromatic N) is 1. The number of anilines is 1. The van der Waals surface area contributed by atoms with Crippen molar-refractivity contribution in [2.24, 2.45) is 0 Å². The minimum atomic E-state index is -0.970. The van der Waals surface area contributed by atoms with E-state index in [4.69, 9.17) is 0 Å². The molecule has 0 saturated heterocycles. The second-order valence-electron chi connectivity index (χ2n) is 3.00. The van der Waals surface area contributed by atoms with E-state index in [9.17, 15) is 13.2 Å². The van der Waals surface area contributed by atoms with Crippen LogP contribution < -0.4 is 5.32 Å². The predicted octanol–water partition coefficient (Wildman–Crippen LogP) is 2.69. The second-order valence-corrected chi connectivity index (χ2v) is 3.00. The number of hydrogen-bond donors (Lipinski definition) is 1. The van der Waals surface area contributed by atoms with Gasteiger partial charge in [0.1, 0.15) is 17.2 Å². The van der Waals surface area contributed by atoms with Gasteiger partial charge in [0.25, 0.3) is 0 Å². The standard InChI is InChI=1S/C10H7F3N2/c1-14-10-6(11)3-2-5-7(12)4-8(13)15-9(5)10/h2-4,14H,1H3. The number of aromatic nitrogens is 1. The highest BCUT2D eigenvalue weighted by molar-refractivity contribution is 5.90. The molecule has 0 aliphatic heterocycles. The lowest BCUT2D eigenvalue weighted by Gasteiger charge is -2.06. The van der Waals surface area contributed by atoms with Gasteiger partial charge >= 0.3 is 0 Å². The van der Waals surface area contributed by atoms with Crippen molar-refractivity contribution >= 4 is 16.6 Å². The highest BCUT2D eigenvalue weighted by Crippen LogP contribution is 2.26. The summed E-state index contributed by atoms with van der Waals surface area (Å²) in [5.41, 5.74) is -0.0547. The van der Waals surface area contributed by atoms with E-state index in [2.05, 4.69) is 10.3 Å². The molecule has 15 heavy (non-hydrogen) atoms. The first kappa shape index (κ1) is 9.76. The van der Waals surface area contributed by atoms with Crippen LogP contribution in [0, 0.1) is 17.6 Å². The molecule has 0 radical (unpaired) electrons. The van der Waals surface area contributed by atoms with Crippen molar-refractivity contribution < 1.29 is 13.2 Å². The molecule has 2 rings (SSSR count). The van der Waals surface area contributed by atoms with Gasteiger partial charge in [0.2, 0.25) is 5.95 Å². The molecular formula is C10H7F3N2. The Hall–Kier alpha value is -1.78. The van der Waals surface area contributed by atoms with E-state index < -0.39 is 17.6 Å². The Bertz CT molecular complexity index is 526. The molecule has 5 heteroatoms. The summed E-state index contributed by atoms with van der Waals surface area (Å²) in [5, 5.41) is 2.61. The molecule has 1 aromatic carbocycles. The average Bonchev–Trinajstić information content (AvgIpc) is 2.17. The van der Waals surface area contributed by atoms with Crippen LogP contribution in [0.3, 0.4) is 0 Å². The summed E-state index contributed by atoms with van der Waals surface area (Å²) < 4.78 is 39.3. The minimum Gasteiger partial charge on any atom is -0.384 e. The molecule has 1 N–H and O–H groups in total. The molecule has 0 aliphatic carbocycles. The fourth-order valence-electron chi connectivity index (χ4n) is 1.43. The quantitative estimate of drug-likeness (QED) is 0.735. The molecule has 0 spiro atoms. The monoisotopic (exact) mass is 212 g/mol. The third-order valence-electron chi connectivity index (χ3n) is 2.10. The molecule has 1 aromatic heterocycles. The fourth-order valence-corrected chi connectivity index (χ4v) is 1.43. The maximum Gasteiger partial charge on any atom is 0.216 e. The molecule has 0 unspecified atom stereocenters. The first-order chi connectivity index (χ1) is 7.13. The molecule has 1 heterocycles. The van der Waals surface area contributed by atoms with E-state index in [0.717, 1.165) is 6.07 Å². The van der Waals surface area contributed by atoms with Gasteiger partial charge in [-0.3, -0.25) is 0 Å². The Morgan fingerprint density at radius 2 is 1.87 bits per heavy atom. The summed E-state index contributed by atoms with van der Waals surface area (Å²) in [4.78, 5) is 3.46. The lowest BCUT2D eigenvalue weighted by Crippen LogP contribution is -1.98. The van der Waals surface area contributed by atoms with E-state index in [0.29, 0.717) is 6.07 Å². The largest absolute Gasteiger partial charge is 0.384 e. The van der Waals surface area contributed by atoms with Gasteiger partial charge in [-0.05, 0) is 12.1 Å². The molecule has 0 bridgehead atoms. The lowest BCUT2D eigenvalue weighted by atomic mass is 10.1. The summed E-state index contributed by atoms with van der Waals surface area (Å²) in [5.74, 6) is -2.32. The van der Waals surface area contributed by atoms with Crippen LogP contribution in [0.2, 0.25) is 0 Å². The molecule has 0 atom stereocenters. The molecule has 2 aromatic rings. The van der Waals surface area contributed by atoms with Crippen molar-refractivity contribution in [1.29, 1.82) is 0 Å². The third-order valence-corrected chi connectivity index (χ3v) is 2.10. The molecule has 2 nitrogen and oxygen atoms in total. The summed E-state index contributed by atoms with van der Waals surface area (Å²) in [6.07, 6.45) is 0. The van der Waals surface area contributed by atoms with E-state index in [1.54, 1.807) is 0 Å². The first-order valence-electron chi connectivity index (χ1n) is 4.25. The summed E-state index contributed by atoms with van der Waals surface area (Å²) >= 11 is 0. The van der Waals surface area contributed by atoms with Crippen LogP contribution in [0.5, 0.6) is 0 Å². The zero-order chi connectivity index (χ0) is 11.0. The number of pyridine rings is 1. The van der Waals surface area contributed by atoms with Crippen molar-refractivity contribution in [1.82, 2.24) is 4.98 Å². The summed E-state index contributed by atoms with van der Waals surface area (Å²) in [6.45, 7) is 0. The number of benzene rings is 1. The van der Waals surface area contributed by atoms with E-state index in [1.165, 1.54) is 13.1 Å². The van der Waals surface area contributed by atoms with Crippen LogP contribution in [0.4, 0.5) is 18.9 Å². The Morgan fingerprint density at radius 1 is 1.13 bits per heavy atom. The SMILES string of the molecule is CNc1c(F)ccc2c(F)cc(F)nc12. The van der Waals surface area contributed by atoms with Gasteiger partial charge < -0.3 is 5.32 Å². The van der Waals surface area contributed by atoms with E-state index in [-0.39, 0.29) is 16.6 Å². The van der Waals surface area contributed by atoms with Crippen LogP contribution >= 0.6 is 0 Å². The molecular weight excluding hydrogens is 205 g/mol. The number of hydrogen-bond acceptors (Lipinski definition) is 2. The Morgan fingerprint density at radius 3 is 2.53 bits per heavy atom. The van der Waals surface area contributed by atoms with Crippen LogP contribution in [0.25, 0.3) is 10.9 Å². The molecule has 0 aliphatic rings. The second kappa shape index (κ2) is 3.42. The van der Waals surface area contributed by atoms with Crippen molar-refractivity contribution in [3.8, 4) is 0 Å². The molecule has 0 amide bonds. The van der Waals surface area contributed by atoms with E-state index >= 15 is 0 Å². The third kappa shape index (κ3) is 1.49. The van der Waals surface area contributed by atoms with Gasteiger partial charge in [0, 0.05) is 18.5 Å². The van der Waals surface area contributed by atoms with Gasteiger partial charge in [0.15, 0.2) is 0 Å². The van der Waals surface area contributed by atoms with Crippen LogP contribution in [-0.2, 0) is 0 Å². The van der Waals surface area contributed by atoms with Gasteiger partial charge in [-0.25, -0.2) is 13.8 Å². The first-order valence-corrected chi connectivity index (χ1v) is 4.25. The number of fused-ring (bicyclic) bond motifs is 1. The van der Waals surface area contributed by atoms with Gasteiger partial charge in [0.05, 0.1) is 5.69 Å². The minimum absolute atomic E-state index is 0.00843. The van der Waals surface area contributed by atoms with Gasteiger partial charge in [-0.1, -0.05) is 0 Å². The van der Waals surface area contributed by atoms with Crippen molar-refractivity contribution in [2.45, 2.75) is 0 Å². The van der Waals surface area contributed by atoms with Crippen LogP contribution in [0.15, 0.2) is 18.2 Å². The highest BCUT2D eigenvalue weighted by Gasteiger charge is 2.12. The maximum absolute atomic E-state index is 13.3. The summed E-state index contributed by atoms with van der Waals surface area (Å²) in [6, 6.07) is 3.00. The maximum atomic E-state index is 13.3. The van der Waals surface area contributed by atoms with Crippen molar-refractivity contribution in [3.63, 3.8) is 0 Å². The van der Waals surface area contributed by atoms with E-state index in [1.807, 2.05) is 0 Å². The normalized spacial score (nSPS) is 10.7. The zero-order valence-electron chi connectivity index (χ0n) is 7.81. The number of nitrogens with one attached hydrogen (secondary N) is 1. The fraction of sp³-hybridized carbons (Fsp3) is 0.100. The lowest BCUT2D eigenvalue weighted by molar-refractivity contribution is 0.561. The van der Waals surface area contributed by atoms with Gasteiger partial charge in [-0.2, -0.15) is 4.39 Å². The predicted molar refractivity (Wildman–Crippen MR) is 51.2 cm³/mol. The molecule has 78 valence electrons. The van der Waals surface area contributed by atoms with Crippen molar-refractivity contribution in [2.75, 3.05) is 12.4 Å². The average molecular weight is 212 g/mol. The smallest absolute Gasteiger partial charge is 0.216 e. The van der Waals surface area contributed by atoms with Crippen LogP contribution in [-0.4, -0.2) is 12.0 Å². The Kier molecular flexibility index (Phi) is 2.22. The molecule has 0 fully saturated rings. The molecule has 0 saturated carbocycles. The zero-order valence-corrected chi connectivity index (χ0v) is 7.81. The topological polar surface area (TPSA) is 24.9 Å². The number of halogens is 3. The Balaban J connectivity index is 2.91. The van der Waals surface area contributed by atoms with Crippen LogP contribution in [0.1, 0.15) is 0 Å². The number of rotatable bonds is 1. The van der Waals surface area contributed by atoms with Gasteiger partial charge in [-0.15, -0.1) is 0 Å². The highest BCUT2D eigenvalue weighted by atomic mass is 19.1. The van der Waals surface area contributed by atoms with Crippen molar-refractivity contribution in [3.05, 3.63) is 35.8 Å².